The van der Waals surface area contributed by atoms with Crippen molar-refractivity contribution in [3.8, 4) is 0 Å². The van der Waals surface area contributed by atoms with Crippen LogP contribution in [0.25, 0.3) is 0 Å². The van der Waals surface area contributed by atoms with E-state index < -0.39 is 5.82 Å². The first-order chi connectivity index (χ1) is 6.77. The molecule has 0 aliphatic carbocycles. The van der Waals surface area contributed by atoms with Gasteiger partial charge in [-0.1, -0.05) is 11.6 Å². The second-order valence-corrected chi connectivity index (χ2v) is 3.48. The van der Waals surface area contributed by atoms with Crippen LogP contribution in [0.15, 0.2) is 12.3 Å². The molecule has 0 radical (unpaired) electrons. The molecular weight excluding hydrogens is 207 g/mol. The molecule has 0 amide bonds. The largest absolute Gasteiger partial charge is 0.378 e. The standard InChI is InChI=1S/C9H10ClFN2O/c10-9-7(11)3-6(4-13-9)8-5-14-2-1-12-8/h3-4,8,12H,1-2,5H2/t8-/m1/s1. The fourth-order valence-corrected chi connectivity index (χ4v) is 1.51. The van der Waals surface area contributed by atoms with Crippen LogP contribution >= 0.6 is 11.6 Å². The van der Waals surface area contributed by atoms with Crippen LogP contribution in [-0.4, -0.2) is 24.7 Å². The summed E-state index contributed by atoms with van der Waals surface area (Å²) >= 11 is 5.48. The van der Waals surface area contributed by atoms with Crippen LogP contribution in [0.2, 0.25) is 5.15 Å². The normalized spacial score (nSPS) is 22.3. The molecular formula is C9H10ClFN2O. The Morgan fingerprint density at radius 3 is 3.14 bits per heavy atom. The molecule has 0 unspecified atom stereocenters. The van der Waals surface area contributed by atoms with Crippen LogP contribution in [0, 0.1) is 5.82 Å². The molecule has 1 N–H and O–H groups in total. The molecule has 2 heterocycles. The third-order valence-electron chi connectivity index (χ3n) is 2.14. The van der Waals surface area contributed by atoms with Gasteiger partial charge in [-0.05, 0) is 11.6 Å². The average molecular weight is 217 g/mol. The Bertz CT molecular complexity index is 329. The smallest absolute Gasteiger partial charge is 0.164 e. The van der Waals surface area contributed by atoms with E-state index in [1.54, 1.807) is 6.20 Å². The van der Waals surface area contributed by atoms with E-state index in [1.807, 2.05) is 0 Å². The van der Waals surface area contributed by atoms with Crippen molar-refractivity contribution in [3.63, 3.8) is 0 Å². The highest BCUT2D eigenvalue weighted by molar-refractivity contribution is 6.29. The lowest BCUT2D eigenvalue weighted by Gasteiger charge is -2.23. The number of rotatable bonds is 1. The van der Waals surface area contributed by atoms with Crippen molar-refractivity contribution in [1.82, 2.24) is 10.3 Å². The van der Waals surface area contributed by atoms with Crippen LogP contribution < -0.4 is 5.32 Å². The summed E-state index contributed by atoms with van der Waals surface area (Å²) in [6, 6.07) is 1.41. The zero-order valence-corrected chi connectivity index (χ0v) is 8.22. The van der Waals surface area contributed by atoms with Gasteiger partial charge in [-0.3, -0.25) is 0 Å². The van der Waals surface area contributed by atoms with Gasteiger partial charge in [0.2, 0.25) is 0 Å². The van der Waals surface area contributed by atoms with Crippen LogP contribution in [0.1, 0.15) is 11.6 Å². The number of nitrogens with zero attached hydrogens (tertiary/aromatic N) is 1. The molecule has 5 heteroatoms. The van der Waals surface area contributed by atoms with E-state index in [1.165, 1.54) is 6.07 Å². The molecule has 1 atom stereocenters. The molecule has 0 spiro atoms. The topological polar surface area (TPSA) is 34.1 Å². The van der Waals surface area contributed by atoms with Crippen molar-refractivity contribution in [2.75, 3.05) is 19.8 Å². The summed E-state index contributed by atoms with van der Waals surface area (Å²) in [7, 11) is 0. The van der Waals surface area contributed by atoms with Crippen LogP contribution in [0.4, 0.5) is 4.39 Å². The van der Waals surface area contributed by atoms with Crippen molar-refractivity contribution in [2.45, 2.75) is 6.04 Å². The fourth-order valence-electron chi connectivity index (χ4n) is 1.41. The van der Waals surface area contributed by atoms with Crippen molar-refractivity contribution in [3.05, 3.63) is 28.8 Å². The number of pyridine rings is 1. The minimum absolute atomic E-state index is 0.0167. The number of nitrogens with one attached hydrogen (secondary N) is 1. The summed E-state index contributed by atoms with van der Waals surface area (Å²) in [6.07, 6.45) is 1.57. The first-order valence-corrected chi connectivity index (χ1v) is 4.77. The Morgan fingerprint density at radius 2 is 2.50 bits per heavy atom. The average Bonchev–Trinajstić information content (AvgIpc) is 2.23. The highest BCUT2D eigenvalue weighted by Crippen LogP contribution is 2.19. The summed E-state index contributed by atoms with van der Waals surface area (Å²) < 4.78 is 18.3. The highest BCUT2D eigenvalue weighted by atomic mass is 35.5. The van der Waals surface area contributed by atoms with E-state index in [2.05, 4.69) is 10.3 Å². The minimum Gasteiger partial charge on any atom is -0.378 e. The third kappa shape index (κ3) is 2.03. The summed E-state index contributed by atoms with van der Waals surface area (Å²) in [5.74, 6) is -0.489. The Kier molecular flexibility index (Phi) is 2.96. The van der Waals surface area contributed by atoms with E-state index in [9.17, 15) is 4.39 Å². The number of ether oxygens (including phenoxy) is 1. The number of morpholine rings is 1. The van der Waals surface area contributed by atoms with Gasteiger partial charge >= 0.3 is 0 Å². The monoisotopic (exact) mass is 216 g/mol. The molecule has 1 fully saturated rings. The van der Waals surface area contributed by atoms with Gasteiger partial charge < -0.3 is 10.1 Å². The first kappa shape index (κ1) is 9.83. The SMILES string of the molecule is Fc1cc([C@H]2COCCN2)cnc1Cl. The van der Waals surface area contributed by atoms with Crippen molar-refractivity contribution >= 4 is 11.6 Å². The van der Waals surface area contributed by atoms with Gasteiger partial charge in [0.25, 0.3) is 0 Å². The van der Waals surface area contributed by atoms with Gasteiger partial charge in [0, 0.05) is 12.7 Å². The highest BCUT2D eigenvalue weighted by Gasteiger charge is 2.16. The molecule has 1 aromatic rings. The van der Waals surface area contributed by atoms with E-state index in [0.29, 0.717) is 13.2 Å². The zero-order valence-electron chi connectivity index (χ0n) is 7.46. The number of aromatic nitrogens is 1. The van der Waals surface area contributed by atoms with Gasteiger partial charge in [0.1, 0.15) is 0 Å². The summed E-state index contributed by atoms with van der Waals surface area (Å²) in [5, 5.41) is 3.12. The van der Waals surface area contributed by atoms with Crippen LogP contribution in [-0.2, 0) is 4.74 Å². The summed E-state index contributed by atoms with van der Waals surface area (Å²) in [4.78, 5) is 3.75. The number of hydrogen-bond donors (Lipinski definition) is 1. The summed E-state index contributed by atoms with van der Waals surface area (Å²) in [5.41, 5.74) is 0.770. The van der Waals surface area contributed by atoms with E-state index in [0.717, 1.165) is 12.1 Å². The lowest BCUT2D eigenvalue weighted by Crippen LogP contribution is -2.34. The molecule has 1 saturated heterocycles. The maximum absolute atomic E-state index is 13.1. The minimum atomic E-state index is -0.489. The van der Waals surface area contributed by atoms with Gasteiger partial charge in [-0.2, -0.15) is 0 Å². The molecule has 0 saturated carbocycles. The molecule has 2 rings (SSSR count). The molecule has 0 bridgehead atoms. The Labute approximate surface area is 86.2 Å². The summed E-state index contributed by atoms with van der Waals surface area (Å²) in [6.45, 7) is 2.01. The first-order valence-electron chi connectivity index (χ1n) is 4.39. The number of halogens is 2. The molecule has 1 aliphatic heterocycles. The number of hydrogen-bond acceptors (Lipinski definition) is 3. The molecule has 3 nitrogen and oxygen atoms in total. The van der Waals surface area contributed by atoms with Crippen molar-refractivity contribution in [2.24, 2.45) is 0 Å². The van der Waals surface area contributed by atoms with Crippen LogP contribution in [0.3, 0.4) is 0 Å². The quantitative estimate of drug-likeness (QED) is 0.723. The van der Waals surface area contributed by atoms with Crippen molar-refractivity contribution < 1.29 is 9.13 Å². The van der Waals surface area contributed by atoms with Gasteiger partial charge in [-0.25, -0.2) is 9.37 Å². The lowest BCUT2D eigenvalue weighted by atomic mass is 10.1. The van der Waals surface area contributed by atoms with E-state index in [-0.39, 0.29) is 11.2 Å². The second-order valence-electron chi connectivity index (χ2n) is 3.12. The molecule has 0 aromatic carbocycles. The maximum atomic E-state index is 13.1. The van der Waals surface area contributed by atoms with Gasteiger partial charge in [0.15, 0.2) is 11.0 Å². The van der Waals surface area contributed by atoms with E-state index in [4.69, 9.17) is 16.3 Å². The molecule has 1 aromatic heterocycles. The van der Waals surface area contributed by atoms with Crippen molar-refractivity contribution in [1.29, 1.82) is 0 Å². The second kappa shape index (κ2) is 4.21. The Morgan fingerprint density at radius 1 is 1.64 bits per heavy atom. The van der Waals surface area contributed by atoms with Gasteiger partial charge in [-0.15, -0.1) is 0 Å². The van der Waals surface area contributed by atoms with Crippen LogP contribution in [0.5, 0.6) is 0 Å². The zero-order chi connectivity index (χ0) is 9.97. The molecule has 14 heavy (non-hydrogen) atoms. The Balaban J connectivity index is 2.18. The molecule has 76 valence electrons. The molecule has 1 aliphatic rings. The van der Waals surface area contributed by atoms with Gasteiger partial charge in [0.05, 0.1) is 19.3 Å². The predicted molar refractivity (Wildman–Crippen MR) is 50.8 cm³/mol. The maximum Gasteiger partial charge on any atom is 0.164 e. The fraction of sp³-hybridized carbons (Fsp3) is 0.444. The third-order valence-corrected chi connectivity index (χ3v) is 2.42. The lowest BCUT2D eigenvalue weighted by molar-refractivity contribution is 0.0767. The Hall–Kier alpha value is -0.710. The predicted octanol–water partition coefficient (Wildman–Crippen LogP) is 1.53. The van der Waals surface area contributed by atoms with E-state index >= 15 is 0 Å².